The molecule has 0 amide bonds. The van der Waals surface area contributed by atoms with Crippen LogP contribution in [0, 0.1) is 10.1 Å². The molecule has 10 heteroatoms. The third kappa shape index (κ3) is 6.02. The summed E-state index contributed by atoms with van der Waals surface area (Å²) in [6, 6.07) is 0. The van der Waals surface area contributed by atoms with Crippen LogP contribution in [-0.4, -0.2) is 31.6 Å². The molecule has 0 aromatic rings. The Morgan fingerprint density at radius 3 is 2.36 bits per heavy atom. The van der Waals surface area contributed by atoms with Crippen molar-refractivity contribution >= 4 is 63.7 Å². The summed E-state index contributed by atoms with van der Waals surface area (Å²) in [7, 11) is 1.26. The minimum Gasteiger partial charge on any atom is -0.234 e. The maximum atomic E-state index is 10.4. The van der Waals surface area contributed by atoms with Crippen LogP contribution in [0.25, 0.3) is 0 Å². The monoisotopic (exact) mass is 297 g/mol. The van der Waals surface area contributed by atoms with E-state index in [-0.39, 0.29) is 5.17 Å². The van der Waals surface area contributed by atoms with Gasteiger partial charge in [0.05, 0.1) is 7.05 Å². The molecule has 5 nitrogen and oxygen atoms in total. The van der Waals surface area contributed by atoms with Crippen molar-refractivity contribution < 1.29 is 5.03 Å². The lowest BCUT2D eigenvalue weighted by Crippen LogP contribution is -2.29. The van der Waals surface area contributed by atoms with Gasteiger partial charge in [-0.1, -0.05) is 51.6 Å². The van der Waals surface area contributed by atoms with Gasteiger partial charge in [0.25, 0.3) is 3.12 Å². The molecule has 0 radical (unpaired) electrons. The molecule has 0 aliphatic rings. The summed E-state index contributed by atoms with van der Waals surface area (Å²) in [5.74, 6) is 0. The fourth-order valence-corrected chi connectivity index (χ4v) is 1.74. The summed E-state index contributed by atoms with van der Waals surface area (Å²) in [5, 5.41) is 10.6. The number of halogens is 3. The second kappa shape index (κ2) is 6.12. The Morgan fingerprint density at radius 2 is 2.07 bits per heavy atom. The molecule has 0 aliphatic heterocycles. The van der Waals surface area contributed by atoms with Crippen molar-refractivity contribution in [1.29, 1.82) is 0 Å². The highest BCUT2D eigenvalue weighted by Crippen LogP contribution is 2.40. The summed E-state index contributed by atoms with van der Waals surface area (Å²) in [6.07, 6.45) is 1.64. The minimum atomic E-state index is -1.61. The van der Waals surface area contributed by atoms with Gasteiger partial charge in [-0.2, -0.15) is 4.40 Å². The quantitative estimate of drug-likeness (QED) is 0.196. The second-order valence-corrected chi connectivity index (χ2v) is 6.58. The highest BCUT2D eigenvalue weighted by Gasteiger charge is 2.23. The Labute approximate surface area is 104 Å². The third-order valence-electron chi connectivity index (χ3n) is 0.932. The predicted molar refractivity (Wildman–Crippen MR) is 63.6 cm³/mol. The van der Waals surface area contributed by atoms with Crippen LogP contribution in [0.15, 0.2) is 4.40 Å². The molecule has 0 atom stereocenters. The molecule has 0 fully saturated rings. The van der Waals surface area contributed by atoms with Gasteiger partial charge in [0, 0.05) is 11.9 Å². The molecular formula is C4H6Cl3N3O2S2. The lowest BCUT2D eigenvalue weighted by Gasteiger charge is -2.10. The molecule has 0 saturated carbocycles. The molecule has 0 spiro atoms. The smallest absolute Gasteiger partial charge is 0.234 e. The number of rotatable bonds is 2. The van der Waals surface area contributed by atoms with Gasteiger partial charge in [-0.3, -0.25) is 0 Å². The summed E-state index contributed by atoms with van der Waals surface area (Å²) < 4.78 is 2.11. The minimum absolute atomic E-state index is 0.145. The molecule has 0 saturated heterocycles. The third-order valence-corrected chi connectivity index (χ3v) is 2.86. The SMILES string of the molecule is CSC(=NSC(Cl)(Cl)Cl)N(C)[N+](=O)[O-]. The van der Waals surface area contributed by atoms with E-state index in [1.807, 2.05) is 0 Å². The summed E-state index contributed by atoms with van der Waals surface area (Å²) in [6.45, 7) is 0. The van der Waals surface area contributed by atoms with E-state index in [9.17, 15) is 10.1 Å². The van der Waals surface area contributed by atoms with Crippen molar-refractivity contribution in [3.8, 4) is 0 Å². The molecule has 0 heterocycles. The van der Waals surface area contributed by atoms with Gasteiger partial charge in [-0.25, -0.2) is 10.1 Å². The van der Waals surface area contributed by atoms with Gasteiger partial charge in [0.1, 0.15) is 0 Å². The Kier molecular flexibility index (Phi) is 6.31. The van der Waals surface area contributed by atoms with Gasteiger partial charge in [-0.15, -0.1) is 0 Å². The molecule has 0 aromatic heterocycles. The Bertz CT molecular complexity index is 244. The standard InChI is InChI=1S/C4H6Cl3N3O2S2/c1-9(10(11)12)3(13-2)8-14-4(5,6)7/h1-2H3. The molecule has 0 aliphatic carbocycles. The van der Waals surface area contributed by atoms with Crippen molar-refractivity contribution in [2.24, 2.45) is 4.40 Å². The Hall–Kier alpha value is 0.440. The first kappa shape index (κ1) is 14.4. The lowest BCUT2D eigenvalue weighted by molar-refractivity contribution is -0.621. The van der Waals surface area contributed by atoms with Crippen LogP contribution < -0.4 is 0 Å². The number of thioether (sulfide) groups is 1. The Balaban J connectivity index is 4.48. The zero-order valence-corrected chi connectivity index (χ0v) is 11.0. The van der Waals surface area contributed by atoms with E-state index in [0.29, 0.717) is 11.9 Å². The van der Waals surface area contributed by atoms with Gasteiger partial charge in [0.2, 0.25) is 5.17 Å². The zero-order chi connectivity index (χ0) is 11.4. The average molecular weight is 299 g/mol. The van der Waals surface area contributed by atoms with E-state index >= 15 is 0 Å². The number of alkyl halides is 3. The lowest BCUT2D eigenvalue weighted by atomic mass is 11.1. The first-order chi connectivity index (χ1) is 6.28. The van der Waals surface area contributed by atoms with Crippen LogP contribution >= 0.6 is 58.5 Å². The molecule has 0 aromatic carbocycles. The van der Waals surface area contributed by atoms with Crippen molar-refractivity contribution in [2.45, 2.75) is 3.12 Å². The number of hydrogen-bond acceptors (Lipinski definition) is 5. The van der Waals surface area contributed by atoms with E-state index in [1.165, 1.54) is 7.05 Å². The number of hydrogen-bond donors (Lipinski definition) is 0. The summed E-state index contributed by atoms with van der Waals surface area (Å²) >= 11 is 17.9. The number of amidine groups is 1. The molecule has 0 rings (SSSR count). The van der Waals surface area contributed by atoms with Crippen LogP contribution in [0.2, 0.25) is 0 Å². The van der Waals surface area contributed by atoms with E-state index < -0.39 is 8.16 Å². The predicted octanol–water partition coefficient (Wildman–Crippen LogP) is 2.80. The number of nitro groups is 1. The zero-order valence-electron chi connectivity index (χ0n) is 7.11. The molecular weight excluding hydrogens is 293 g/mol. The number of hydrazine groups is 1. The molecule has 0 N–H and O–H groups in total. The van der Waals surface area contributed by atoms with E-state index in [0.717, 1.165) is 16.8 Å². The van der Waals surface area contributed by atoms with Crippen LogP contribution in [0.3, 0.4) is 0 Å². The normalized spacial score (nSPS) is 12.8. The van der Waals surface area contributed by atoms with Gasteiger partial charge < -0.3 is 0 Å². The van der Waals surface area contributed by atoms with Crippen molar-refractivity contribution in [2.75, 3.05) is 13.3 Å². The molecule has 14 heavy (non-hydrogen) atoms. The van der Waals surface area contributed by atoms with E-state index in [4.69, 9.17) is 34.8 Å². The largest absolute Gasteiger partial charge is 0.258 e. The maximum absolute atomic E-state index is 10.4. The van der Waals surface area contributed by atoms with E-state index in [2.05, 4.69) is 4.40 Å². The average Bonchev–Trinajstić information content (AvgIpc) is 2.02. The molecule has 82 valence electrons. The summed E-state index contributed by atoms with van der Waals surface area (Å²) in [5.41, 5.74) is 0. The second-order valence-electron chi connectivity index (χ2n) is 1.88. The molecule has 0 unspecified atom stereocenters. The van der Waals surface area contributed by atoms with Crippen LogP contribution in [-0.2, 0) is 0 Å². The maximum Gasteiger partial charge on any atom is 0.258 e. The fourth-order valence-electron chi connectivity index (χ4n) is 0.389. The van der Waals surface area contributed by atoms with Gasteiger partial charge in [-0.05, 0) is 6.26 Å². The van der Waals surface area contributed by atoms with Crippen LogP contribution in [0.1, 0.15) is 0 Å². The summed E-state index contributed by atoms with van der Waals surface area (Å²) in [4.78, 5) is 10.4. The molecule has 0 bridgehead atoms. The highest BCUT2D eigenvalue weighted by molar-refractivity contribution is 8.14. The first-order valence-electron chi connectivity index (χ1n) is 3.03. The first-order valence-corrected chi connectivity index (χ1v) is 6.16. The highest BCUT2D eigenvalue weighted by atomic mass is 35.6. The van der Waals surface area contributed by atoms with Gasteiger partial charge >= 0.3 is 0 Å². The number of nitrogens with zero attached hydrogens (tertiary/aromatic N) is 3. The van der Waals surface area contributed by atoms with Crippen molar-refractivity contribution in [3.05, 3.63) is 10.1 Å². The van der Waals surface area contributed by atoms with Crippen LogP contribution in [0.5, 0.6) is 0 Å². The topological polar surface area (TPSA) is 58.7 Å². The van der Waals surface area contributed by atoms with Crippen molar-refractivity contribution in [1.82, 2.24) is 5.01 Å². The van der Waals surface area contributed by atoms with Gasteiger partial charge in [0.15, 0.2) is 5.03 Å². The fraction of sp³-hybridized carbons (Fsp3) is 0.750. The van der Waals surface area contributed by atoms with Crippen molar-refractivity contribution in [3.63, 3.8) is 0 Å². The van der Waals surface area contributed by atoms with Crippen LogP contribution in [0.4, 0.5) is 0 Å². The van der Waals surface area contributed by atoms with E-state index in [1.54, 1.807) is 6.26 Å². The Morgan fingerprint density at radius 1 is 1.57 bits per heavy atom.